The van der Waals surface area contributed by atoms with Crippen LogP contribution in [0.25, 0.3) is 0 Å². The Bertz CT molecular complexity index is 1270. The molecule has 37 heavy (non-hydrogen) atoms. The van der Waals surface area contributed by atoms with E-state index in [0.29, 0.717) is 24.7 Å². The Morgan fingerprint density at radius 3 is 2.11 bits per heavy atom. The average Bonchev–Trinajstić information content (AvgIpc) is 2.96. The number of aryl methyl sites for hydroxylation is 1. The van der Waals surface area contributed by atoms with Gasteiger partial charge in [0.2, 0.25) is 0 Å². The number of amides is 2. The van der Waals surface area contributed by atoms with E-state index in [0.717, 1.165) is 28.8 Å². The maximum Gasteiger partial charge on any atom is 0.322 e. The molecule has 0 aliphatic heterocycles. The predicted molar refractivity (Wildman–Crippen MR) is 149 cm³/mol. The predicted octanol–water partition coefficient (Wildman–Crippen LogP) is 7.63. The summed E-state index contributed by atoms with van der Waals surface area (Å²) < 4.78 is 11.7. The number of carbonyl (C=O) groups excluding carboxylic acids is 1. The second-order valence-corrected chi connectivity index (χ2v) is 8.95. The molecule has 1 unspecified atom stereocenters. The maximum atomic E-state index is 13.6. The van der Waals surface area contributed by atoms with Gasteiger partial charge < -0.3 is 19.7 Å². The Morgan fingerprint density at radius 2 is 1.46 bits per heavy atom. The first kappa shape index (κ1) is 25.8. The number of urea groups is 1. The van der Waals surface area contributed by atoms with Gasteiger partial charge in [0.05, 0.1) is 13.2 Å². The molecule has 0 radical (unpaired) electrons. The standard InChI is InChI=1S/C32H34N2O3/c1-4-25-15-18-29(19-16-25)33-32(35)34(24(2)28-13-9-6-10-14-28)22-27-17-20-30(36-3)31(21-27)37-23-26-11-7-5-8-12-26/h5-21,24H,4,22-23H2,1-3H3,(H,33,35). The smallest absolute Gasteiger partial charge is 0.322 e. The number of anilines is 1. The van der Waals surface area contributed by atoms with Gasteiger partial charge in [0.1, 0.15) is 6.61 Å². The summed E-state index contributed by atoms with van der Waals surface area (Å²) in [5.74, 6) is 1.30. The van der Waals surface area contributed by atoms with Crippen LogP contribution in [0.4, 0.5) is 10.5 Å². The number of nitrogens with zero attached hydrogens (tertiary/aromatic N) is 1. The van der Waals surface area contributed by atoms with E-state index in [1.165, 1.54) is 5.56 Å². The molecule has 0 aliphatic rings. The number of hydrogen-bond acceptors (Lipinski definition) is 3. The van der Waals surface area contributed by atoms with Crippen LogP contribution in [-0.2, 0) is 19.6 Å². The maximum absolute atomic E-state index is 13.6. The number of carbonyl (C=O) groups is 1. The summed E-state index contributed by atoms with van der Waals surface area (Å²) >= 11 is 0. The highest BCUT2D eigenvalue weighted by Gasteiger charge is 2.23. The molecule has 190 valence electrons. The number of methoxy groups -OCH3 is 1. The SMILES string of the molecule is CCc1ccc(NC(=O)N(Cc2ccc(OC)c(OCc3ccccc3)c2)C(C)c2ccccc2)cc1. The third-order valence-electron chi connectivity index (χ3n) is 6.44. The monoisotopic (exact) mass is 494 g/mol. The van der Waals surface area contributed by atoms with Crippen molar-refractivity contribution >= 4 is 11.7 Å². The Hall–Kier alpha value is -4.25. The number of rotatable bonds is 10. The highest BCUT2D eigenvalue weighted by atomic mass is 16.5. The van der Waals surface area contributed by atoms with E-state index in [9.17, 15) is 4.79 Å². The fourth-order valence-electron chi connectivity index (χ4n) is 4.18. The quantitative estimate of drug-likeness (QED) is 0.247. The van der Waals surface area contributed by atoms with E-state index in [4.69, 9.17) is 9.47 Å². The topological polar surface area (TPSA) is 50.8 Å². The number of hydrogen-bond donors (Lipinski definition) is 1. The van der Waals surface area contributed by atoms with Crippen molar-refractivity contribution in [2.45, 2.75) is 39.5 Å². The molecule has 4 rings (SSSR count). The first-order valence-corrected chi connectivity index (χ1v) is 12.6. The van der Waals surface area contributed by atoms with Gasteiger partial charge in [0, 0.05) is 12.2 Å². The first-order valence-electron chi connectivity index (χ1n) is 12.6. The van der Waals surface area contributed by atoms with Gasteiger partial charge in [0.15, 0.2) is 11.5 Å². The third kappa shape index (κ3) is 6.91. The number of nitrogens with one attached hydrogen (secondary N) is 1. The summed E-state index contributed by atoms with van der Waals surface area (Å²) in [4.78, 5) is 15.4. The van der Waals surface area contributed by atoms with Crippen LogP contribution in [0.15, 0.2) is 103 Å². The van der Waals surface area contributed by atoms with Crippen molar-refractivity contribution in [2.24, 2.45) is 0 Å². The minimum absolute atomic E-state index is 0.146. The summed E-state index contributed by atoms with van der Waals surface area (Å²) in [6.45, 7) is 4.99. The fraction of sp³-hybridized carbons (Fsp3) is 0.219. The molecule has 1 atom stereocenters. The van der Waals surface area contributed by atoms with Gasteiger partial charge in [-0.2, -0.15) is 0 Å². The molecular formula is C32H34N2O3. The molecule has 0 fully saturated rings. The van der Waals surface area contributed by atoms with Crippen LogP contribution >= 0.6 is 0 Å². The molecule has 5 nitrogen and oxygen atoms in total. The van der Waals surface area contributed by atoms with Crippen LogP contribution in [0.5, 0.6) is 11.5 Å². The van der Waals surface area contributed by atoms with Crippen molar-refractivity contribution in [1.29, 1.82) is 0 Å². The van der Waals surface area contributed by atoms with E-state index < -0.39 is 0 Å². The van der Waals surface area contributed by atoms with Gasteiger partial charge in [0.25, 0.3) is 0 Å². The molecule has 0 aromatic heterocycles. The molecule has 0 heterocycles. The van der Waals surface area contributed by atoms with Crippen molar-refractivity contribution in [3.8, 4) is 11.5 Å². The van der Waals surface area contributed by atoms with E-state index in [2.05, 4.69) is 12.2 Å². The first-order chi connectivity index (χ1) is 18.1. The molecule has 4 aromatic carbocycles. The molecule has 4 aromatic rings. The summed E-state index contributed by atoms with van der Waals surface area (Å²) in [7, 11) is 1.63. The second-order valence-electron chi connectivity index (χ2n) is 8.95. The minimum atomic E-state index is -0.164. The van der Waals surface area contributed by atoms with Crippen LogP contribution in [0, 0.1) is 0 Å². The lowest BCUT2D eigenvalue weighted by molar-refractivity contribution is 0.189. The zero-order valence-corrected chi connectivity index (χ0v) is 21.7. The number of benzene rings is 4. The lowest BCUT2D eigenvalue weighted by atomic mass is 10.1. The molecule has 5 heteroatoms. The van der Waals surface area contributed by atoms with Crippen LogP contribution in [0.3, 0.4) is 0 Å². The summed E-state index contributed by atoms with van der Waals surface area (Å²) in [5.41, 5.74) is 5.08. The molecular weight excluding hydrogens is 460 g/mol. The van der Waals surface area contributed by atoms with Crippen LogP contribution < -0.4 is 14.8 Å². The van der Waals surface area contributed by atoms with Crippen LogP contribution in [0.2, 0.25) is 0 Å². The minimum Gasteiger partial charge on any atom is -0.493 e. The van der Waals surface area contributed by atoms with E-state index in [-0.39, 0.29) is 12.1 Å². The Kier molecular flexibility index (Phi) is 8.82. The van der Waals surface area contributed by atoms with Gasteiger partial charge in [-0.1, -0.05) is 85.8 Å². The van der Waals surface area contributed by atoms with Gasteiger partial charge in [-0.3, -0.25) is 0 Å². The van der Waals surface area contributed by atoms with E-state index >= 15 is 0 Å². The van der Waals surface area contributed by atoms with Crippen LogP contribution in [-0.4, -0.2) is 18.0 Å². The normalized spacial score (nSPS) is 11.4. The van der Waals surface area contributed by atoms with Crippen molar-refractivity contribution in [3.63, 3.8) is 0 Å². The molecule has 1 N–H and O–H groups in total. The highest BCUT2D eigenvalue weighted by Crippen LogP contribution is 2.31. The van der Waals surface area contributed by atoms with E-state index in [1.807, 2.05) is 115 Å². The van der Waals surface area contributed by atoms with Crippen molar-refractivity contribution < 1.29 is 14.3 Å². The van der Waals surface area contributed by atoms with E-state index in [1.54, 1.807) is 7.11 Å². The molecule has 2 amide bonds. The third-order valence-corrected chi connectivity index (χ3v) is 6.44. The molecule has 0 saturated heterocycles. The van der Waals surface area contributed by atoms with Crippen molar-refractivity contribution in [3.05, 3.63) is 125 Å². The summed E-state index contributed by atoms with van der Waals surface area (Å²) in [5, 5.41) is 3.08. The number of ether oxygens (including phenoxy) is 2. The summed E-state index contributed by atoms with van der Waals surface area (Å²) in [6.07, 6.45) is 0.956. The molecule has 0 aliphatic carbocycles. The highest BCUT2D eigenvalue weighted by molar-refractivity contribution is 5.89. The molecule has 0 saturated carbocycles. The van der Waals surface area contributed by atoms with Gasteiger partial charge >= 0.3 is 6.03 Å². The Balaban J connectivity index is 1.57. The zero-order valence-electron chi connectivity index (χ0n) is 21.7. The molecule has 0 bridgehead atoms. The lowest BCUT2D eigenvalue weighted by Crippen LogP contribution is -2.36. The van der Waals surface area contributed by atoms with Gasteiger partial charge in [-0.05, 0) is 59.9 Å². The zero-order chi connectivity index (χ0) is 26.0. The van der Waals surface area contributed by atoms with Gasteiger partial charge in [-0.15, -0.1) is 0 Å². The largest absolute Gasteiger partial charge is 0.493 e. The fourth-order valence-corrected chi connectivity index (χ4v) is 4.18. The Morgan fingerprint density at radius 1 is 0.811 bits per heavy atom. The van der Waals surface area contributed by atoms with Crippen molar-refractivity contribution in [2.75, 3.05) is 12.4 Å². The average molecular weight is 495 g/mol. The Labute approximate surface area is 219 Å². The summed E-state index contributed by atoms with van der Waals surface area (Å²) in [6, 6.07) is 33.6. The van der Waals surface area contributed by atoms with Crippen molar-refractivity contribution in [1.82, 2.24) is 4.90 Å². The lowest BCUT2D eigenvalue weighted by Gasteiger charge is -2.30. The van der Waals surface area contributed by atoms with Gasteiger partial charge in [-0.25, -0.2) is 4.79 Å². The second kappa shape index (κ2) is 12.6. The van der Waals surface area contributed by atoms with Crippen LogP contribution in [0.1, 0.15) is 42.1 Å². The molecule has 0 spiro atoms.